The Balaban J connectivity index is 1.30. The van der Waals surface area contributed by atoms with Crippen molar-refractivity contribution in [1.82, 2.24) is 20.3 Å². The van der Waals surface area contributed by atoms with Crippen molar-refractivity contribution in [2.75, 3.05) is 64.3 Å². The fraction of sp³-hybridized carbons (Fsp3) is 0.556. The van der Waals surface area contributed by atoms with Gasteiger partial charge in [-0.3, -0.25) is 9.59 Å². The maximum absolute atomic E-state index is 13.8. The quantitative estimate of drug-likeness (QED) is 0.0870. The summed E-state index contributed by atoms with van der Waals surface area (Å²) in [6.45, 7) is 7.88. The van der Waals surface area contributed by atoms with Crippen LogP contribution < -0.4 is 10.2 Å². The minimum absolute atomic E-state index is 0.00782. The molecule has 0 aliphatic carbocycles. The highest BCUT2D eigenvalue weighted by Gasteiger charge is 2.29. The van der Waals surface area contributed by atoms with E-state index < -0.39 is 8.60 Å². The number of benzene rings is 2. The molecule has 0 fully saturated rings. The van der Waals surface area contributed by atoms with Gasteiger partial charge in [-0.25, -0.2) is 4.68 Å². The van der Waals surface area contributed by atoms with Gasteiger partial charge in [0.25, 0.3) is 0 Å². The molecule has 1 atom stereocenters. The second-order valence-corrected chi connectivity index (χ2v) is 13.2. The number of aromatic nitrogens is 3. The Morgan fingerprint density at radius 2 is 1.55 bits per heavy atom. The number of aliphatic hydroxyl groups excluding tert-OH is 1. The van der Waals surface area contributed by atoms with E-state index in [9.17, 15) is 14.5 Å². The van der Waals surface area contributed by atoms with Gasteiger partial charge >= 0.3 is 8.60 Å². The van der Waals surface area contributed by atoms with Crippen LogP contribution in [0.15, 0.2) is 48.5 Å². The number of hydrogen-bond donors (Lipinski definition) is 3. The van der Waals surface area contributed by atoms with E-state index in [1.54, 1.807) is 4.90 Å². The summed E-state index contributed by atoms with van der Waals surface area (Å²) in [4.78, 5) is 37.9. The lowest BCUT2D eigenvalue weighted by molar-refractivity contribution is -0.125. The van der Waals surface area contributed by atoms with Gasteiger partial charge in [-0.1, -0.05) is 60.5 Å². The van der Waals surface area contributed by atoms with Crippen LogP contribution in [0, 0.1) is 0 Å². The predicted molar refractivity (Wildman–Crippen MR) is 194 cm³/mol. The maximum atomic E-state index is 13.8. The number of anilines is 1. The number of rotatable bonds is 24. The third-order valence-corrected chi connectivity index (χ3v) is 8.98. The van der Waals surface area contributed by atoms with E-state index in [4.69, 9.17) is 28.4 Å². The normalized spacial score (nSPS) is 12.9. The smallest absolute Gasteiger partial charge is 0.330 e. The standard InChI is InChI=1S/C36H52N5O9P/c1-28(2)50-51(45)49-20-10-4-3-9-17-37-33(43)15-16-34(44)40-27-29-11-5-6-12-30(29)36-35(31-13-7-8-14-32(31)40)38-39-41(36)18-21-46-23-25-48-26-24-47-22-19-42/h5-8,11-14,28,42,45H,3-4,9-10,15-27H2,1-2H3,(H,37,43). The van der Waals surface area contributed by atoms with Crippen LogP contribution >= 0.6 is 8.60 Å². The van der Waals surface area contributed by atoms with Crippen LogP contribution in [0.25, 0.3) is 22.5 Å². The number of hydrogen-bond acceptors (Lipinski definition) is 11. The van der Waals surface area contributed by atoms with Gasteiger partial charge in [0, 0.05) is 30.5 Å². The molecule has 0 saturated heterocycles. The molecule has 4 rings (SSSR count). The second-order valence-electron chi connectivity index (χ2n) is 12.2. The highest BCUT2D eigenvalue weighted by atomic mass is 31.2. The molecule has 0 spiro atoms. The molecule has 2 heterocycles. The van der Waals surface area contributed by atoms with Crippen LogP contribution in [-0.2, 0) is 45.9 Å². The third kappa shape index (κ3) is 13.3. The van der Waals surface area contributed by atoms with E-state index in [0.717, 1.165) is 53.8 Å². The molecule has 51 heavy (non-hydrogen) atoms. The third-order valence-electron chi connectivity index (χ3n) is 7.98. The van der Waals surface area contributed by atoms with Gasteiger partial charge in [-0.15, -0.1) is 5.10 Å². The van der Waals surface area contributed by atoms with Crippen molar-refractivity contribution in [1.29, 1.82) is 0 Å². The fourth-order valence-corrected chi connectivity index (χ4v) is 6.26. The number of carbonyl (C=O) groups is 2. The van der Waals surface area contributed by atoms with Crippen LogP contribution in [0.4, 0.5) is 5.69 Å². The molecule has 2 aromatic carbocycles. The SMILES string of the molecule is CC(C)OP(O)OCCCCCCNC(=O)CCC(=O)N1Cc2ccccc2-c2c(nnn2CCOCCOCCOCCO)-c2ccccc21. The van der Waals surface area contributed by atoms with E-state index in [2.05, 4.69) is 15.6 Å². The lowest BCUT2D eigenvalue weighted by atomic mass is 9.95. The van der Waals surface area contributed by atoms with Crippen LogP contribution in [0.3, 0.4) is 0 Å². The number of unbranched alkanes of at least 4 members (excludes halogenated alkanes) is 3. The summed E-state index contributed by atoms with van der Waals surface area (Å²) < 4.78 is 28.8. The number of nitrogens with zero attached hydrogens (tertiary/aromatic N) is 4. The van der Waals surface area contributed by atoms with Crippen molar-refractivity contribution in [2.45, 2.75) is 71.6 Å². The number of amides is 2. The molecule has 15 heteroatoms. The van der Waals surface area contributed by atoms with Gasteiger partial charge in [0.05, 0.1) is 83.4 Å². The molecule has 14 nitrogen and oxygen atoms in total. The summed E-state index contributed by atoms with van der Waals surface area (Å²) in [7, 11) is -1.83. The lowest BCUT2D eigenvalue weighted by Gasteiger charge is -2.28. The molecule has 1 aliphatic rings. The Labute approximate surface area is 301 Å². The lowest BCUT2D eigenvalue weighted by Crippen LogP contribution is -2.33. The molecular formula is C36H52N5O9P. The molecule has 0 saturated carbocycles. The number of ether oxygens (including phenoxy) is 3. The molecule has 1 aliphatic heterocycles. The average molecular weight is 730 g/mol. The first-order valence-electron chi connectivity index (χ1n) is 17.7. The molecular weight excluding hydrogens is 677 g/mol. The molecule has 280 valence electrons. The van der Waals surface area contributed by atoms with Gasteiger partial charge in [0.15, 0.2) is 0 Å². The first kappa shape index (κ1) is 40.4. The van der Waals surface area contributed by atoms with E-state index in [1.165, 1.54) is 0 Å². The Hall–Kier alpha value is -3.33. The summed E-state index contributed by atoms with van der Waals surface area (Å²) in [6, 6.07) is 15.6. The maximum Gasteiger partial charge on any atom is 0.330 e. The van der Waals surface area contributed by atoms with Crippen LogP contribution in [0.5, 0.6) is 0 Å². The molecule has 0 bridgehead atoms. The molecule has 1 aromatic heterocycles. The minimum Gasteiger partial charge on any atom is -0.394 e. The van der Waals surface area contributed by atoms with Crippen LogP contribution in [0.1, 0.15) is 57.9 Å². The van der Waals surface area contributed by atoms with Crippen molar-refractivity contribution in [3.05, 3.63) is 54.1 Å². The Morgan fingerprint density at radius 3 is 2.31 bits per heavy atom. The number of para-hydroxylation sites is 1. The molecule has 0 radical (unpaired) electrons. The van der Waals surface area contributed by atoms with E-state index >= 15 is 0 Å². The summed E-state index contributed by atoms with van der Waals surface area (Å²) in [5, 5.41) is 20.8. The number of aliphatic hydroxyl groups is 1. The summed E-state index contributed by atoms with van der Waals surface area (Å²) >= 11 is 0. The number of fused-ring (bicyclic) bond motifs is 5. The van der Waals surface area contributed by atoms with Gasteiger partial charge in [-0.2, -0.15) is 0 Å². The summed E-state index contributed by atoms with van der Waals surface area (Å²) in [5.41, 5.74) is 4.92. The highest BCUT2D eigenvalue weighted by molar-refractivity contribution is 7.40. The van der Waals surface area contributed by atoms with E-state index in [-0.39, 0.29) is 37.4 Å². The zero-order valence-corrected chi connectivity index (χ0v) is 30.6. The molecule has 3 N–H and O–H groups in total. The van der Waals surface area contributed by atoms with Crippen molar-refractivity contribution in [2.24, 2.45) is 0 Å². The number of nitrogens with one attached hydrogen (secondary N) is 1. The monoisotopic (exact) mass is 729 g/mol. The average Bonchev–Trinajstić information content (AvgIpc) is 3.53. The van der Waals surface area contributed by atoms with Crippen molar-refractivity contribution >= 4 is 26.1 Å². The van der Waals surface area contributed by atoms with Crippen LogP contribution in [0.2, 0.25) is 0 Å². The zero-order valence-electron chi connectivity index (χ0n) is 29.7. The van der Waals surface area contributed by atoms with Gasteiger partial charge in [0.1, 0.15) is 5.69 Å². The first-order chi connectivity index (χ1) is 24.9. The van der Waals surface area contributed by atoms with Crippen LogP contribution in [-0.4, -0.2) is 102 Å². The van der Waals surface area contributed by atoms with Gasteiger partial charge < -0.3 is 43.5 Å². The van der Waals surface area contributed by atoms with Crippen molar-refractivity contribution in [3.63, 3.8) is 0 Å². The summed E-state index contributed by atoms with van der Waals surface area (Å²) in [6.07, 6.45) is 3.53. The minimum atomic E-state index is -1.83. The zero-order chi connectivity index (χ0) is 36.3. The topological polar surface area (TPSA) is 167 Å². The van der Waals surface area contributed by atoms with Gasteiger partial charge in [0.2, 0.25) is 11.8 Å². The van der Waals surface area contributed by atoms with E-state index in [1.807, 2.05) is 67.1 Å². The first-order valence-corrected chi connectivity index (χ1v) is 18.8. The fourth-order valence-electron chi connectivity index (χ4n) is 5.56. The number of carbonyl (C=O) groups excluding carboxylic acids is 2. The molecule has 3 aromatic rings. The Kier molecular flexibility index (Phi) is 17.9. The largest absolute Gasteiger partial charge is 0.394 e. The highest BCUT2D eigenvalue weighted by Crippen LogP contribution is 2.41. The second kappa shape index (κ2) is 22.6. The molecule has 2 amide bonds. The Bertz CT molecular complexity index is 1490. The summed E-state index contributed by atoms with van der Waals surface area (Å²) in [5.74, 6) is -0.306. The Morgan fingerprint density at radius 1 is 0.863 bits per heavy atom. The van der Waals surface area contributed by atoms with E-state index in [0.29, 0.717) is 71.6 Å². The van der Waals surface area contributed by atoms with Gasteiger partial charge in [-0.05, 0) is 38.3 Å². The predicted octanol–water partition coefficient (Wildman–Crippen LogP) is 4.62. The van der Waals surface area contributed by atoms with Crippen molar-refractivity contribution < 1.29 is 42.8 Å². The molecule has 1 unspecified atom stereocenters. The van der Waals surface area contributed by atoms with Crippen molar-refractivity contribution in [3.8, 4) is 22.5 Å².